The molecule has 128 valence electrons. The van der Waals surface area contributed by atoms with Gasteiger partial charge in [0.05, 0.1) is 0 Å². The second-order valence-electron chi connectivity index (χ2n) is 6.67. The molecule has 6 nitrogen and oxygen atoms in total. The van der Waals surface area contributed by atoms with Gasteiger partial charge < -0.3 is 10.2 Å². The van der Waals surface area contributed by atoms with E-state index in [0.717, 1.165) is 23.3 Å². The minimum Gasteiger partial charge on any atom is -0.340 e. The Kier molecular flexibility index (Phi) is 4.03. The van der Waals surface area contributed by atoms with Gasteiger partial charge in [0, 0.05) is 13.6 Å². The van der Waals surface area contributed by atoms with Gasteiger partial charge in [0.2, 0.25) is 5.91 Å². The van der Waals surface area contributed by atoms with Gasteiger partial charge in [0.25, 0.3) is 5.91 Å². The van der Waals surface area contributed by atoms with Crippen molar-refractivity contribution < 1.29 is 18.8 Å². The number of imide groups is 1. The number of carbonyl (C=O) groups is 3. The predicted octanol–water partition coefficient (Wildman–Crippen LogP) is 1.50. The number of nitrogens with zero attached hydrogens (tertiary/aromatic N) is 2. The molecular weight excluding hydrogens is 313 g/mol. The fourth-order valence-corrected chi connectivity index (χ4v) is 3.00. The van der Waals surface area contributed by atoms with Crippen molar-refractivity contribution in [1.82, 2.24) is 15.1 Å². The molecule has 2 fully saturated rings. The second kappa shape index (κ2) is 5.89. The van der Waals surface area contributed by atoms with Crippen molar-refractivity contribution in [1.29, 1.82) is 0 Å². The van der Waals surface area contributed by atoms with E-state index in [-0.39, 0.29) is 36.6 Å². The Hall–Kier alpha value is -2.44. The predicted molar refractivity (Wildman–Crippen MR) is 84.2 cm³/mol. The van der Waals surface area contributed by atoms with E-state index in [1.165, 1.54) is 17.0 Å². The molecule has 4 amide bonds. The minimum absolute atomic E-state index is 0.158. The van der Waals surface area contributed by atoms with Gasteiger partial charge in [0.15, 0.2) is 0 Å². The third-order valence-electron chi connectivity index (χ3n) is 4.75. The Balaban J connectivity index is 1.62. The molecule has 1 saturated carbocycles. The van der Waals surface area contributed by atoms with Gasteiger partial charge in [-0.3, -0.25) is 14.5 Å². The lowest BCUT2D eigenvalue weighted by atomic mass is 9.96. The van der Waals surface area contributed by atoms with E-state index in [4.69, 9.17) is 0 Å². The monoisotopic (exact) mass is 333 g/mol. The molecule has 3 rings (SSSR count). The molecule has 1 heterocycles. The minimum atomic E-state index is -0.882. The smallest absolute Gasteiger partial charge is 0.325 e. The van der Waals surface area contributed by atoms with Gasteiger partial charge in [-0.25, -0.2) is 9.18 Å². The first-order valence-corrected chi connectivity index (χ1v) is 7.94. The Morgan fingerprint density at radius 2 is 1.96 bits per heavy atom. The number of nitrogens with one attached hydrogen (secondary N) is 1. The molecule has 1 aliphatic heterocycles. The standard InChI is InChI=1S/C17H20FN3O3/c1-17(12-5-6-12)15(23)21(16(24)19-17)10-14(22)20(2)9-11-3-7-13(18)8-4-11/h3-4,7-8,12H,5-6,9-10H2,1-2H3,(H,19,24). The van der Waals surface area contributed by atoms with E-state index in [1.54, 1.807) is 26.1 Å². The average Bonchev–Trinajstić information content (AvgIpc) is 3.35. The van der Waals surface area contributed by atoms with Crippen LogP contribution in [0.25, 0.3) is 0 Å². The highest BCUT2D eigenvalue weighted by atomic mass is 19.1. The van der Waals surface area contributed by atoms with Crippen molar-refractivity contribution >= 4 is 17.8 Å². The van der Waals surface area contributed by atoms with Crippen molar-refractivity contribution in [3.8, 4) is 0 Å². The lowest BCUT2D eigenvalue weighted by Gasteiger charge is -2.22. The lowest BCUT2D eigenvalue weighted by molar-refractivity contribution is -0.138. The van der Waals surface area contributed by atoms with Crippen LogP contribution in [0.1, 0.15) is 25.3 Å². The van der Waals surface area contributed by atoms with Crippen molar-refractivity contribution in [3.63, 3.8) is 0 Å². The maximum Gasteiger partial charge on any atom is 0.325 e. The zero-order valence-electron chi connectivity index (χ0n) is 13.7. The number of rotatable bonds is 5. The molecule has 1 N–H and O–H groups in total. The van der Waals surface area contributed by atoms with Crippen LogP contribution in [0, 0.1) is 11.7 Å². The maximum atomic E-state index is 12.9. The van der Waals surface area contributed by atoms with Crippen LogP contribution in [-0.4, -0.2) is 46.8 Å². The normalized spacial score (nSPS) is 23.4. The van der Waals surface area contributed by atoms with Crippen molar-refractivity contribution in [2.45, 2.75) is 31.8 Å². The maximum absolute atomic E-state index is 12.9. The zero-order valence-corrected chi connectivity index (χ0v) is 13.7. The zero-order chi connectivity index (χ0) is 17.5. The summed E-state index contributed by atoms with van der Waals surface area (Å²) in [6, 6.07) is 5.32. The summed E-state index contributed by atoms with van der Waals surface area (Å²) < 4.78 is 12.9. The number of benzene rings is 1. The highest BCUT2D eigenvalue weighted by Gasteiger charge is 2.56. The van der Waals surface area contributed by atoms with Gasteiger partial charge in [-0.15, -0.1) is 0 Å². The highest BCUT2D eigenvalue weighted by molar-refractivity contribution is 6.09. The third-order valence-corrected chi connectivity index (χ3v) is 4.75. The van der Waals surface area contributed by atoms with Gasteiger partial charge in [-0.05, 0) is 43.4 Å². The molecule has 0 bridgehead atoms. The molecular formula is C17H20FN3O3. The van der Waals surface area contributed by atoms with Crippen LogP contribution in [0.3, 0.4) is 0 Å². The van der Waals surface area contributed by atoms with E-state index in [9.17, 15) is 18.8 Å². The molecule has 0 radical (unpaired) electrons. The Morgan fingerprint density at radius 1 is 1.33 bits per heavy atom. The number of halogens is 1. The van der Waals surface area contributed by atoms with Gasteiger partial charge in [-0.2, -0.15) is 0 Å². The van der Waals surface area contributed by atoms with Gasteiger partial charge in [-0.1, -0.05) is 12.1 Å². The van der Waals surface area contributed by atoms with E-state index < -0.39 is 11.6 Å². The van der Waals surface area contributed by atoms with Crippen LogP contribution in [0.2, 0.25) is 0 Å². The summed E-state index contributed by atoms with van der Waals surface area (Å²) in [4.78, 5) is 39.3. The van der Waals surface area contributed by atoms with Crippen LogP contribution in [0.15, 0.2) is 24.3 Å². The van der Waals surface area contributed by atoms with Crippen molar-refractivity contribution in [2.24, 2.45) is 5.92 Å². The molecule has 1 aliphatic carbocycles. The number of urea groups is 1. The number of hydrogen-bond donors (Lipinski definition) is 1. The fourth-order valence-electron chi connectivity index (χ4n) is 3.00. The van der Waals surface area contributed by atoms with E-state index in [2.05, 4.69) is 5.32 Å². The third kappa shape index (κ3) is 2.98. The molecule has 1 saturated heterocycles. The molecule has 0 aromatic heterocycles. The summed E-state index contributed by atoms with van der Waals surface area (Å²) in [5.41, 5.74) is -0.111. The summed E-state index contributed by atoms with van der Waals surface area (Å²) in [6.07, 6.45) is 1.82. The molecule has 1 aromatic carbocycles. The molecule has 24 heavy (non-hydrogen) atoms. The largest absolute Gasteiger partial charge is 0.340 e. The van der Waals surface area contributed by atoms with E-state index in [1.807, 2.05) is 0 Å². The summed E-state index contributed by atoms with van der Waals surface area (Å²) in [5, 5.41) is 2.72. The average molecular weight is 333 g/mol. The molecule has 7 heteroatoms. The first-order chi connectivity index (χ1) is 11.3. The first-order valence-electron chi connectivity index (χ1n) is 7.94. The summed E-state index contributed by atoms with van der Waals surface area (Å²) >= 11 is 0. The number of likely N-dealkylation sites (N-methyl/N-ethyl adjacent to an activating group) is 1. The molecule has 1 atom stereocenters. The van der Waals surface area contributed by atoms with Crippen LogP contribution in [-0.2, 0) is 16.1 Å². The topological polar surface area (TPSA) is 69.7 Å². The summed E-state index contributed by atoms with van der Waals surface area (Å²) in [7, 11) is 1.59. The Labute approximate surface area is 139 Å². The first kappa shape index (κ1) is 16.4. The fraction of sp³-hybridized carbons (Fsp3) is 0.471. The lowest BCUT2D eigenvalue weighted by Crippen LogP contribution is -2.47. The number of hydrogen-bond acceptors (Lipinski definition) is 3. The molecule has 1 unspecified atom stereocenters. The number of amides is 4. The summed E-state index contributed by atoms with van der Waals surface area (Å²) in [5.74, 6) is -0.862. The van der Waals surface area contributed by atoms with Crippen LogP contribution in [0.5, 0.6) is 0 Å². The van der Waals surface area contributed by atoms with Crippen LogP contribution in [0.4, 0.5) is 9.18 Å². The van der Waals surface area contributed by atoms with Gasteiger partial charge >= 0.3 is 6.03 Å². The quantitative estimate of drug-likeness (QED) is 0.830. The highest BCUT2D eigenvalue weighted by Crippen LogP contribution is 2.42. The second-order valence-corrected chi connectivity index (χ2v) is 6.67. The van der Waals surface area contributed by atoms with E-state index in [0.29, 0.717) is 0 Å². The van der Waals surface area contributed by atoms with Crippen molar-refractivity contribution in [2.75, 3.05) is 13.6 Å². The Morgan fingerprint density at radius 3 is 2.54 bits per heavy atom. The van der Waals surface area contributed by atoms with Crippen LogP contribution >= 0.6 is 0 Å². The van der Waals surface area contributed by atoms with Gasteiger partial charge in [0.1, 0.15) is 17.9 Å². The molecule has 2 aliphatic rings. The molecule has 0 spiro atoms. The SMILES string of the molecule is CN(Cc1ccc(F)cc1)C(=O)CN1C(=O)NC(C)(C2CC2)C1=O. The number of carbonyl (C=O) groups excluding carboxylic acids is 3. The Bertz CT molecular complexity index is 687. The summed E-state index contributed by atoms with van der Waals surface area (Å²) in [6.45, 7) is 1.71. The molecule has 1 aromatic rings. The van der Waals surface area contributed by atoms with Crippen LogP contribution < -0.4 is 5.32 Å². The van der Waals surface area contributed by atoms with E-state index >= 15 is 0 Å². The van der Waals surface area contributed by atoms with Crippen molar-refractivity contribution in [3.05, 3.63) is 35.6 Å².